The van der Waals surface area contributed by atoms with Crippen LogP contribution in [0.3, 0.4) is 0 Å². The lowest BCUT2D eigenvalue weighted by atomic mass is 9.89. The number of carboxylic acids is 1. The van der Waals surface area contributed by atoms with Crippen LogP contribution in [0.25, 0.3) is 0 Å². The van der Waals surface area contributed by atoms with Crippen molar-refractivity contribution in [3.05, 3.63) is 59.5 Å². The van der Waals surface area contributed by atoms with Crippen molar-refractivity contribution in [1.82, 2.24) is 4.90 Å². The first kappa shape index (κ1) is 14.9. The number of benzene rings is 1. The second-order valence-electron chi connectivity index (χ2n) is 5.88. The standard InChI is InChI=1S/C18H21NO3/c1-2-14-8-9-15(22-14)10-19-11-16(17(12-19)18(20)21)13-6-4-3-5-7-13/h3-9,16-17H,2,10-12H2,1H3,(H,20,21)/t16-,17+/m0/s1. The number of likely N-dealkylation sites (tertiary alicyclic amines) is 1. The summed E-state index contributed by atoms with van der Waals surface area (Å²) in [7, 11) is 0. The molecule has 22 heavy (non-hydrogen) atoms. The largest absolute Gasteiger partial charge is 0.481 e. The molecule has 0 saturated carbocycles. The first-order chi connectivity index (χ1) is 10.7. The van der Waals surface area contributed by atoms with E-state index in [1.807, 2.05) is 42.5 Å². The van der Waals surface area contributed by atoms with Gasteiger partial charge in [-0.3, -0.25) is 9.69 Å². The highest BCUT2D eigenvalue weighted by molar-refractivity contribution is 5.72. The second kappa shape index (κ2) is 6.36. The number of aliphatic carboxylic acids is 1. The van der Waals surface area contributed by atoms with E-state index >= 15 is 0 Å². The Morgan fingerprint density at radius 3 is 2.55 bits per heavy atom. The number of furan rings is 1. The van der Waals surface area contributed by atoms with E-state index in [9.17, 15) is 9.90 Å². The number of nitrogens with zero attached hydrogens (tertiary/aromatic N) is 1. The molecule has 1 aliphatic heterocycles. The number of hydrogen-bond acceptors (Lipinski definition) is 3. The summed E-state index contributed by atoms with van der Waals surface area (Å²) in [6.45, 7) is 4.05. The summed E-state index contributed by atoms with van der Waals surface area (Å²) in [5.74, 6) is 0.852. The fourth-order valence-corrected chi connectivity index (χ4v) is 3.22. The average Bonchev–Trinajstić information content (AvgIpc) is 3.15. The number of carboxylic acid groups (broad SMARTS) is 1. The summed E-state index contributed by atoms with van der Waals surface area (Å²) in [5, 5.41) is 9.52. The Hall–Kier alpha value is -2.07. The Balaban J connectivity index is 1.74. The zero-order valence-corrected chi connectivity index (χ0v) is 12.7. The highest BCUT2D eigenvalue weighted by atomic mass is 16.4. The second-order valence-corrected chi connectivity index (χ2v) is 5.88. The normalized spacial score (nSPS) is 22.0. The van der Waals surface area contributed by atoms with Crippen LogP contribution in [-0.2, 0) is 17.8 Å². The van der Waals surface area contributed by atoms with Gasteiger partial charge in [0.05, 0.1) is 12.5 Å². The van der Waals surface area contributed by atoms with Crippen molar-refractivity contribution in [2.45, 2.75) is 25.8 Å². The molecular formula is C18H21NO3. The van der Waals surface area contributed by atoms with Crippen molar-refractivity contribution in [1.29, 1.82) is 0 Å². The van der Waals surface area contributed by atoms with Gasteiger partial charge >= 0.3 is 5.97 Å². The molecule has 0 amide bonds. The van der Waals surface area contributed by atoms with Crippen molar-refractivity contribution >= 4 is 5.97 Å². The molecular weight excluding hydrogens is 278 g/mol. The van der Waals surface area contributed by atoms with Gasteiger partial charge < -0.3 is 9.52 Å². The van der Waals surface area contributed by atoms with Gasteiger partial charge in [0.1, 0.15) is 11.5 Å². The molecule has 2 atom stereocenters. The Kier molecular flexibility index (Phi) is 4.29. The maximum atomic E-state index is 11.6. The topological polar surface area (TPSA) is 53.7 Å². The molecule has 3 rings (SSSR count). The van der Waals surface area contributed by atoms with Crippen molar-refractivity contribution in [3.63, 3.8) is 0 Å². The van der Waals surface area contributed by atoms with Gasteiger partial charge in [-0.1, -0.05) is 37.3 Å². The summed E-state index contributed by atoms with van der Waals surface area (Å²) in [5.41, 5.74) is 1.10. The molecule has 0 unspecified atom stereocenters. The molecule has 1 aromatic carbocycles. The summed E-state index contributed by atoms with van der Waals surface area (Å²) >= 11 is 0. The van der Waals surface area contributed by atoms with Crippen LogP contribution in [-0.4, -0.2) is 29.1 Å². The Labute approximate surface area is 130 Å². The smallest absolute Gasteiger partial charge is 0.308 e. The third kappa shape index (κ3) is 3.07. The molecule has 1 aliphatic rings. The van der Waals surface area contributed by atoms with E-state index in [1.165, 1.54) is 0 Å². The maximum absolute atomic E-state index is 11.6. The van der Waals surface area contributed by atoms with E-state index in [0.717, 1.165) is 30.0 Å². The van der Waals surface area contributed by atoms with Crippen molar-refractivity contribution in [3.8, 4) is 0 Å². The fourth-order valence-electron chi connectivity index (χ4n) is 3.22. The van der Waals surface area contributed by atoms with Crippen LogP contribution in [0.15, 0.2) is 46.9 Å². The number of rotatable bonds is 5. The molecule has 2 heterocycles. The summed E-state index contributed by atoms with van der Waals surface area (Å²) in [4.78, 5) is 13.8. The molecule has 2 aromatic rings. The van der Waals surface area contributed by atoms with Crippen LogP contribution in [0.2, 0.25) is 0 Å². The summed E-state index contributed by atoms with van der Waals surface area (Å²) in [6.07, 6.45) is 0.879. The summed E-state index contributed by atoms with van der Waals surface area (Å²) < 4.78 is 5.74. The third-order valence-electron chi connectivity index (χ3n) is 4.39. The van der Waals surface area contributed by atoms with Gasteiger partial charge in [-0.05, 0) is 17.7 Å². The Morgan fingerprint density at radius 1 is 1.18 bits per heavy atom. The minimum absolute atomic E-state index is 0.0410. The van der Waals surface area contributed by atoms with Crippen LogP contribution in [0.4, 0.5) is 0 Å². The minimum Gasteiger partial charge on any atom is -0.481 e. The molecule has 0 aliphatic carbocycles. The van der Waals surface area contributed by atoms with Gasteiger partial charge in [0, 0.05) is 25.4 Å². The van der Waals surface area contributed by atoms with Crippen LogP contribution < -0.4 is 0 Å². The lowest BCUT2D eigenvalue weighted by molar-refractivity contribution is -0.141. The minimum atomic E-state index is -0.718. The zero-order chi connectivity index (χ0) is 15.5. The SMILES string of the molecule is CCc1ccc(CN2C[C@@H](C(=O)O)[C@H](c3ccccc3)C2)o1. The lowest BCUT2D eigenvalue weighted by Crippen LogP contribution is -2.23. The first-order valence-corrected chi connectivity index (χ1v) is 7.75. The zero-order valence-electron chi connectivity index (χ0n) is 12.7. The average molecular weight is 299 g/mol. The monoisotopic (exact) mass is 299 g/mol. The summed E-state index contributed by atoms with van der Waals surface area (Å²) in [6, 6.07) is 13.9. The van der Waals surface area contributed by atoms with E-state index in [-0.39, 0.29) is 11.8 Å². The molecule has 4 nitrogen and oxygen atoms in total. The van der Waals surface area contributed by atoms with Crippen LogP contribution in [0.1, 0.15) is 29.9 Å². The Bertz CT molecular complexity index is 635. The fraction of sp³-hybridized carbons (Fsp3) is 0.389. The highest BCUT2D eigenvalue weighted by Crippen LogP contribution is 2.33. The highest BCUT2D eigenvalue weighted by Gasteiger charge is 2.38. The van der Waals surface area contributed by atoms with E-state index in [4.69, 9.17) is 4.42 Å². The van der Waals surface area contributed by atoms with Gasteiger partial charge in [0.2, 0.25) is 0 Å². The van der Waals surface area contributed by atoms with Crippen molar-refractivity contribution in [2.24, 2.45) is 5.92 Å². The molecule has 116 valence electrons. The molecule has 1 aromatic heterocycles. The van der Waals surface area contributed by atoms with E-state index in [2.05, 4.69) is 11.8 Å². The van der Waals surface area contributed by atoms with Gasteiger partial charge in [-0.15, -0.1) is 0 Å². The number of aryl methyl sites for hydroxylation is 1. The molecule has 0 radical (unpaired) electrons. The first-order valence-electron chi connectivity index (χ1n) is 7.75. The Morgan fingerprint density at radius 2 is 1.91 bits per heavy atom. The molecule has 4 heteroatoms. The third-order valence-corrected chi connectivity index (χ3v) is 4.39. The number of hydrogen-bond donors (Lipinski definition) is 1. The molecule has 1 fully saturated rings. The quantitative estimate of drug-likeness (QED) is 0.921. The van der Waals surface area contributed by atoms with Crippen LogP contribution >= 0.6 is 0 Å². The maximum Gasteiger partial charge on any atom is 0.308 e. The number of carbonyl (C=O) groups is 1. The van der Waals surface area contributed by atoms with Gasteiger partial charge in [-0.25, -0.2) is 0 Å². The van der Waals surface area contributed by atoms with Gasteiger partial charge in [0.15, 0.2) is 0 Å². The molecule has 1 saturated heterocycles. The van der Waals surface area contributed by atoms with Gasteiger partial charge in [0.25, 0.3) is 0 Å². The van der Waals surface area contributed by atoms with Crippen molar-refractivity contribution in [2.75, 3.05) is 13.1 Å². The van der Waals surface area contributed by atoms with E-state index in [1.54, 1.807) is 0 Å². The predicted molar refractivity (Wildman–Crippen MR) is 83.7 cm³/mol. The van der Waals surface area contributed by atoms with Gasteiger partial charge in [-0.2, -0.15) is 0 Å². The van der Waals surface area contributed by atoms with Crippen molar-refractivity contribution < 1.29 is 14.3 Å². The molecule has 1 N–H and O–H groups in total. The predicted octanol–water partition coefficient (Wildman–Crippen LogP) is 3.14. The lowest BCUT2D eigenvalue weighted by Gasteiger charge is -2.15. The van der Waals surface area contributed by atoms with Crippen LogP contribution in [0, 0.1) is 5.92 Å². The molecule has 0 spiro atoms. The van der Waals surface area contributed by atoms with Crippen LogP contribution in [0.5, 0.6) is 0 Å². The molecule has 0 bridgehead atoms. The van der Waals surface area contributed by atoms with E-state index < -0.39 is 5.97 Å². The van der Waals surface area contributed by atoms with E-state index in [0.29, 0.717) is 13.1 Å².